The van der Waals surface area contributed by atoms with Gasteiger partial charge in [0.25, 0.3) is 0 Å². The van der Waals surface area contributed by atoms with Crippen molar-refractivity contribution >= 4 is 33.0 Å². The zero-order valence-corrected chi connectivity index (χ0v) is 12.1. The van der Waals surface area contributed by atoms with E-state index in [1.165, 1.54) is 10.3 Å². The van der Waals surface area contributed by atoms with Gasteiger partial charge in [-0.2, -0.15) is 0 Å². The Labute approximate surface area is 121 Å². The van der Waals surface area contributed by atoms with E-state index in [1.54, 1.807) is 11.3 Å². The number of hydrogen-bond acceptors (Lipinski definition) is 2. The number of thiophene rings is 1. The second-order valence-electron chi connectivity index (χ2n) is 4.48. The molecule has 0 atom stereocenters. The van der Waals surface area contributed by atoms with Gasteiger partial charge in [0.1, 0.15) is 12.4 Å². The van der Waals surface area contributed by atoms with E-state index >= 15 is 0 Å². The molecule has 0 aliphatic rings. The zero-order chi connectivity index (χ0) is 13.2. The quantitative estimate of drug-likeness (QED) is 0.623. The first-order valence-electron chi connectivity index (χ1n) is 6.08. The number of rotatable bonds is 3. The fraction of sp³-hybridized carbons (Fsp3) is 0.125. The van der Waals surface area contributed by atoms with E-state index in [0.29, 0.717) is 6.61 Å². The van der Waals surface area contributed by atoms with Crippen molar-refractivity contribution in [3.8, 4) is 5.75 Å². The van der Waals surface area contributed by atoms with E-state index in [2.05, 4.69) is 18.4 Å². The molecule has 0 saturated heterocycles. The lowest BCUT2D eigenvalue weighted by Crippen LogP contribution is -1.94. The van der Waals surface area contributed by atoms with Crippen LogP contribution < -0.4 is 4.74 Å². The number of hydrogen-bond donors (Lipinski definition) is 0. The van der Waals surface area contributed by atoms with Crippen LogP contribution in [0.4, 0.5) is 0 Å². The zero-order valence-electron chi connectivity index (χ0n) is 10.5. The smallest absolute Gasteiger partial charge is 0.119 e. The highest BCUT2D eigenvalue weighted by Crippen LogP contribution is 2.32. The Morgan fingerprint density at radius 1 is 1.11 bits per heavy atom. The van der Waals surface area contributed by atoms with Gasteiger partial charge in [0, 0.05) is 20.7 Å². The molecule has 0 aliphatic heterocycles. The molecule has 0 aliphatic carbocycles. The minimum atomic E-state index is 0.548. The van der Waals surface area contributed by atoms with Crippen LogP contribution in [0.3, 0.4) is 0 Å². The van der Waals surface area contributed by atoms with Gasteiger partial charge in [0.15, 0.2) is 0 Å². The van der Waals surface area contributed by atoms with Crippen molar-refractivity contribution in [2.45, 2.75) is 13.5 Å². The predicted octanol–water partition coefficient (Wildman–Crippen LogP) is 5.44. The molecule has 3 heteroatoms. The maximum atomic E-state index is 6.26. The van der Waals surface area contributed by atoms with Crippen molar-refractivity contribution in [3.63, 3.8) is 0 Å². The molecule has 3 rings (SSSR count). The molecule has 3 aromatic rings. The number of benzene rings is 2. The summed E-state index contributed by atoms with van der Waals surface area (Å²) in [5.41, 5.74) is 2.38. The largest absolute Gasteiger partial charge is 0.489 e. The summed E-state index contributed by atoms with van der Waals surface area (Å²) in [6.45, 7) is 2.61. The molecule has 0 bridgehead atoms. The molecule has 1 aromatic heterocycles. The summed E-state index contributed by atoms with van der Waals surface area (Å²) < 4.78 is 7.02. The molecule has 2 aromatic carbocycles. The molecule has 1 nitrogen and oxygen atoms in total. The van der Waals surface area contributed by atoms with Gasteiger partial charge in [-0.25, -0.2) is 0 Å². The van der Waals surface area contributed by atoms with Gasteiger partial charge in [-0.1, -0.05) is 35.4 Å². The van der Waals surface area contributed by atoms with Crippen LogP contribution in [0, 0.1) is 6.92 Å². The van der Waals surface area contributed by atoms with E-state index in [4.69, 9.17) is 16.3 Å². The van der Waals surface area contributed by atoms with Crippen LogP contribution >= 0.6 is 22.9 Å². The molecule has 0 saturated carbocycles. The molecule has 0 spiro atoms. The summed E-state index contributed by atoms with van der Waals surface area (Å²) in [5.74, 6) is 0.886. The summed E-state index contributed by atoms with van der Waals surface area (Å²) in [7, 11) is 0. The molecule has 0 fully saturated rings. The standard InChI is InChI=1S/C16H13ClOS/c1-11-5-7-13(8-6-11)18-9-12-10-19-15-4-2-3-14(17)16(12)15/h2-8,10H,9H2,1H3. The van der Waals surface area contributed by atoms with Gasteiger partial charge in [-0.05, 0) is 36.6 Å². The minimum Gasteiger partial charge on any atom is -0.489 e. The fourth-order valence-electron chi connectivity index (χ4n) is 2.01. The second kappa shape index (κ2) is 5.24. The summed E-state index contributed by atoms with van der Waals surface area (Å²) in [4.78, 5) is 0. The number of halogens is 1. The van der Waals surface area contributed by atoms with Crippen molar-refractivity contribution in [2.75, 3.05) is 0 Å². The van der Waals surface area contributed by atoms with E-state index in [0.717, 1.165) is 21.7 Å². The van der Waals surface area contributed by atoms with Crippen molar-refractivity contribution in [2.24, 2.45) is 0 Å². The van der Waals surface area contributed by atoms with Crippen molar-refractivity contribution in [3.05, 3.63) is 64.0 Å². The number of ether oxygens (including phenoxy) is 1. The lowest BCUT2D eigenvalue weighted by molar-refractivity contribution is 0.308. The van der Waals surface area contributed by atoms with E-state index < -0.39 is 0 Å². The highest BCUT2D eigenvalue weighted by molar-refractivity contribution is 7.17. The third-order valence-corrected chi connectivity index (χ3v) is 4.35. The molecule has 1 heterocycles. The Kier molecular flexibility index (Phi) is 3.45. The first kappa shape index (κ1) is 12.5. The Hall–Kier alpha value is -1.51. The summed E-state index contributed by atoms with van der Waals surface area (Å²) in [6, 6.07) is 14.1. The van der Waals surface area contributed by atoms with Crippen LogP contribution in [0.2, 0.25) is 5.02 Å². The molecule has 0 N–H and O–H groups in total. The van der Waals surface area contributed by atoms with Crippen LogP contribution in [0.5, 0.6) is 5.75 Å². The van der Waals surface area contributed by atoms with Gasteiger partial charge < -0.3 is 4.74 Å². The molecule has 0 radical (unpaired) electrons. The molecule has 0 unspecified atom stereocenters. The van der Waals surface area contributed by atoms with Crippen LogP contribution in [-0.4, -0.2) is 0 Å². The van der Waals surface area contributed by atoms with E-state index in [1.807, 2.05) is 36.4 Å². The van der Waals surface area contributed by atoms with Crippen LogP contribution in [0.15, 0.2) is 47.8 Å². The number of fused-ring (bicyclic) bond motifs is 1. The molecule has 96 valence electrons. The fourth-order valence-corrected chi connectivity index (χ4v) is 3.33. The Balaban J connectivity index is 1.84. The third-order valence-electron chi connectivity index (χ3n) is 3.04. The predicted molar refractivity (Wildman–Crippen MR) is 82.3 cm³/mol. The van der Waals surface area contributed by atoms with Crippen molar-refractivity contribution in [1.82, 2.24) is 0 Å². The van der Waals surface area contributed by atoms with Gasteiger partial charge in [0.2, 0.25) is 0 Å². The molecular weight excluding hydrogens is 276 g/mol. The lowest BCUT2D eigenvalue weighted by atomic mass is 10.2. The highest BCUT2D eigenvalue weighted by atomic mass is 35.5. The molecule has 0 amide bonds. The average Bonchev–Trinajstić information content (AvgIpc) is 2.83. The van der Waals surface area contributed by atoms with E-state index in [9.17, 15) is 0 Å². The van der Waals surface area contributed by atoms with Gasteiger partial charge in [-0.15, -0.1) is 11.3 Å². The summed E-state index contributed by atoms with van der Waals surface area (Å²) >= 11 is 7.96. The number of aryl methyl sites for hydroxylation is 1. The SMILES string of the molecule is Cc1ccc(OCc2csc3cccc(Cl)c23)cc1. The van der Waals surface area contributed by atoms with Gasteiger partial charge in [0.05, 0.1) is 0 Å². The van der Waals surface area contributed by atoms with Crippen LogP contribution in [-0.2, 0) is 6.61 Å². The van der Waals surface area contributed by atoms with Crippen LogP contribution in [0.25, 0.3) is 10.1 Å². The Morgan fingerprint density at radius 3 is 2.68 bits per heavy atom. The minimum absolute atomic E-state index is 0.548. The first-order chi connectivity index (χ1) is 9.24. The normalized spacial score (nSPS) is 10.8. The molecular formula is C16H13ClOS. The highest BCUT2D eigenvalue weighted by Gasteiger charge is 2.08. The summed E-state index contributed by atoms with van der Waals surface area (Å²) in [6.07, 6.45) is 0. The van der Waals surface area contributed by atoms with Crippen molar-refractivity contribution in [1.29, 1.82) is 0 Å². The topological polar surface area (TPSA) is 9.23 Å². The lowest BCUT2D eigenvalue weighted by Gasteiger charge is -2.06. The average molecular weight is 289 g/mol. The van der Waals surface area contributed by atoms with E-state index in [-0.39, 0.29) is 0 Å². The maximum Gasteiger partial charge on any atom is 0.119 e. The molecule has 19 heavy (non-hydrogen) atoms. The second-order valence-corrected chi connectivity index (χ2v) is 5.79. The Bertz CT molecular complexity index is 700. The summed E-state index contributed by atoms with van der Waals surface area (Å²) in [5, 5.41) is 4.02. The van der Waals surface area contributed by atoms with Gasteiger partial charge >= 0.3 is 0 Å². The Morgan fingerprint density at radius 2 is 1.89 bits per heavy atom. The maximum absolute atomic E-state index is 6.26. The first-order valence-corrected chi connectivity index (χ1v) is 7.34. The van der Waals surface area contributed by atoms with Crippen LogP contribution in [0.1, 0.15) is 11.1 Å². The third kappa shape index (κ3) is 2.60. The van der Waals surface area contributed by atoms with Gasteiger partial charge in [-0.3, -0.25) is 0 Å². The van der Waals surface area contributed by atoms with Crippen molar-refractivity contribution < 1.29 is 4.74 Å². The monoisotopic (exact) mass is 288 g/mol.